The third kappa shape index (κ3) is 4.71. The van der Waals surface area contributed by atoms with E-state index in [0.29, 0.717) is 10.2 Å². The number of hydrogen-bond donors (Lipinski definition) is 1. The molecule has 18 heavy (non-hydrogen) atoms. The lowest BCUT2D eigenvalue weighted by Crippen LogP contribution is -2.36. The summed E-state index contributed by atoms with van der Waals surface area (Å²) in [5.74, 6) is 0. The Morgan fingerprint density at radius 3 is 2.39 bits per heavy atom. The number of hydrogen-bond acceptors (Lipinski definition) is 2. The first-order valence-corrected chi connectivity index (χ1v) is 8.75. The molecule has 1 rings (SSSR count). The van der Waals surface area contributed by atoms with E-state index in [-0.39, 0.29) is 6.04 Å². The Bertz CT molecular complexity index is 456. The van der Waals surface area contributed by atoms with Gasteiger partial charge in [0.15, 0.2) is 0 Å². The Labute approximate surface area is 118 Å². The van der Waals surface area contributed by atoms with Crippen molar-refractivity contribution >= 4 is 26.0 Å². The van der Waals surface area contributed by atoms with Gasteiger partial charge in [0.1, 0.15) is 0 Å². The first-order valence-electron chi connectivity index (χ1n) is 6.14. The van der Waals surface area contributed by atoms with Gasteiger partial charge in [-0.25, -0.2) is 13.1 Å². The van der Waals surface area contributed by atoms with Crippen molar-refractivity contribution in [3.63, 3.8) is 0 Å². The number of sulfonamides is 1. The third-order valence-corrected chi connectivity index (χ3v) is 5.06. The quantitative estimate of drug-likeness (QED) is 0.778. The molecule has 102 valence electrons. The summed E-state index contributed by atoms with van der Waals surface area (Å²) in [5.41, 5.74) is 1.05. The molecular weight excluding hydrogens is 314 g/mol. The average Bonchev–Trinajstić information content (AvgIpc) is 2.35. The largest absolute Gasteiger partial charge is 0.240 e. The molecule has 0 radical (unpaired) electrons. The lowest BCUT2D eigenvalue weighted by molar-refractivity contribution is 0.539. The van der Waals surface area contributed by atoms with Crippen LogP contribution in [0.1, 0.15) is 31.7 Å². The predicted octanol–water partition coefficient (Wildman–Crippen LogP) is 3.23. The molecule has 1 atom stereocenters. The molecule has 3 nitrogen and oxygen atoms in total. The summed E-state index contributed by atoms with van der Waals surface area (Å²) >= 11 is 3.36. The molecule has 1 unspecified atom stereocenters. The van der Waals surface area contributed by atoms with Gasteiger partial charge < -0.3 is 0 Å². The molecule has 0 amide bonds. The Balaban J connectivity index is 2.77. The summed E-state index contributed by atoms with van der Waals surface area (Å²) in [6, 6.07) is 6.86. The first-order chi connectivity index (χ1) is 8.49. The van der Waals surface area contributed by atoms with E-state index in [2.05, 4.69) is 27.6 Å². The smallest absolute Gasteiger partial charge is 0.207 e. The van der Waals surface area contributed by atoms with Crippen molar-refractivity contribution in [1.29, 1.82) is 0 Å². The van der Waals surface area contributed by atoms with Crippen LogP contribution in [0.5, 0.6) is 0 Å². The molecule has 0 aliphatic carbocycles. The van der Waals surface area contributed by atoms with Gasteiger partial charge >= 0.3 is 0 Å². The van der Waals surface area contributed by atoms with E-state index in [1.165, 1.54) is 0 Å². The van der Waals surface area contributed by atoms with Crippen molar-refractivity contribution in [2.75, 3.05) is 5.33 Å². The zero-order valence-electron chi connectivity index (χ0n) is 10.8. The highest BCUT2D eigenvalue weighted by molar-refractivity contribution is 9.09. The van der Waals surface area contributed by atoms with Crippen LogP contribution in [0.4, 0.5) is 0 Å². The fourth-order valence-corrected chi connectivity index (χ4v) is 3.59. The van der Waals surface area contributed by atoms with Crippen LogP contribution in [-0.2, 0) is 10.0 Å². The van der Waals surface area contributed by atoms with E-state index < -0.39 is 10.0 Å². The Kier molecular flexibility index (Phi) is 6.32. The molecule has 0 fully saturated rings. The van der Waals surface area contributed by atoms with E-state index in [9.17, 15) is 8.42 Å². The van der Waals surface area contributed by atoms with Crippen molar-refractivity contribution in [3.05, 3.63) is 29.8 Å². The molecule has 5 heteroatoms. The van der Waals surface area contributed by atoms with Crippen LogP contribution in [0.3, 0.4) is 0 Å². The van der Waals surface area contributed by atoms with Crippen molar-refractivity contribution < 1.29 is 8.42 Å². The maximum atomic E-state index is 12.1. The van der Waals surface area contributed by atoms with Gasteiger partial charge in [-0.1, -0.05) is 53.4 Å². The average molecular weight is 334 g/mol. The summed E-state index contributed by atoms with van der Waals surface area (Å²) in [5, 5.41) is 0.637. The summed E-state index contributed by atoms with van der Waals surface area (Å²) in [4.78, 5) is 0.329. The molecule has 1 aromatic carbocycles. The van der Waals surface area contributed by atoms with E-state index in [1.54, 1.807) is 12.1 Å². The van der Waals surface area contributed by atoms with Crippen LogP contribution in [0.2, 0.25) is 0 Å². The predicted molar refractivity (Wildman–Crippen MR) is 78.6 cm³/mol. The van der Waals surface area contributed by atoms with Gasteiger partial charge in [-0.15, -0.1) is 0 Å². The second kappa shape index (κ2) is 7.26. The second-order valence-electron chi connectivity index (χ2n) is 4.43. The molecule has 0 spiro atoms. The zero-order chi connectivity index (χ0) is 13.6. The number of halogens is 1. The summed E-state index contributed by atoms with van der Waals surface area (Å²) < 4.78 is 27.0. The van der Waals surface area contributed by atoms with Crippen LogP contribution in [0, 0.1) is 6.92 Å². The van der Waals surface area contributed by atoms with Gasteiger partial charge in [0.2, 0.25) is 10.0 Å². The Hall–Kier alpha value is -0.390. The highest BCUT2D eigenvalue weighted by Crippen LogP contribution is 2.13. The molecule has 0 saturated heterocycles. The zero-order valence-corrected chi connectivity index (χ0v) is 13.2. The highest BCUT2D eigenvalue weighted by atomic mass is 79.9. The van der Waals surface area contributed by atoms with Gasteiger partial charge in [0, 0.05) is 11.4 Å². The van der Waals surface area contributed by atoms with E-state index in [0.717, 1.165) is 24.8 Å². The molecule has 0 aliphatic rings. The maximum Gasteiger partial charge on any atom is 0.240 e. The van der Waals surface area contributed by atoms with E-state index in [1.807, 2.05) is 19.1 Å². The van der Waals surface area contributed by atoms with Crippen molar-refractivity contribution in [1.82, 2.24) is 4.72 Å². The molecular formula is C13H20BrNO2S. The summed E-state index contributed by atoms with van der Waals surface area (Å²) in [6.07, 6.45) is 2.94. The van der Waals surface area contributed by atoms with Crippen LogP contribution >= 0.6 is 15.9 Å². The van der Waals surface area contributed by atoms with Crippen molar-refractivity contribution in [2.45, 2.75) is 44.0 Å². The summed E-state index contributed by atoms with van der Waals surface area (Å²) in [7, 11) is -3.40. The molecule has 0 bridgehead atoms. The topological polar surface area (TPSA) is 46.2 Å². The molecule has 0 aromatic heterocycles. The normalized spacial score (nSPS) is 13.5. The van der Waals surface area contributed by atoms with Crippen LogP contribution < -0.4 is 4.72 Å². The van der Waals surface area contributed by atoms with Crippen LogP contribution in [0.25, 0.3) is 0 Å². The number of rotatable bonds is 7. The van der Waals surface area contributed by atoms with Gasteiger partial charge in [-0.05, 0) is 25.5 Å². The standard InChI is InChI=1S/C13H20BrNO2S/c1-3-4-5-12(10-14)15-18(16,17)13-8-6-11(2)7-9-13/h6-9,12,15H,3-5,10H2,1-2H3. The molecule has 0 aliphatic heterocycles. The monoisotopic (exact) mass is 333 g/mol. The SMILES string of the molecule is CCCCC(CBr)NS(=O)(=O)c1ccc(C)cc1. The Morgan fingerprint density at radius 1 is 1.28 bits per heavy atom. The number of alkyl halides is 1. The van der Waals surface area contributed by atoms with Crippen molar-refractivity contribution in [3.8, 4) is 0 Å². The van der Waals surface area contributed by atoms with Crippen LogP contribution in [0.15, 0.2) is 29.2 Å². The van der Waals surface area contributed by atoms with E-state index >= 15 is 0 Å². The van der Waals surface area contributed by atoms with Gasteiger partial charge in [-0.2, -0.15) is 0 Å². The number of nitrogens with one attached hydrogen (secondary N) is 1. The second-order valence-corrected chi connectivity index (χ2v) is 6.79. The Morgan fingerprint density at radius 2 is 1.89 bits per heavy atom. The highest BCUT2D eigenvalue weighted by Gasteiger charge is 2.18. The van der Waals surface area contributed by atoms with Crippen molar-refractivity contribution in [2.24, 2.45) is 0 Å². The lowest BCUT2D eigenvalue weighted by Gasteiger charge is -2.16. The first kappa shape index (κ1) is 15.7. The summed E-state index contributed by atoms with van der Waals surface area (Å²) in [6.45, 7) is 4.03. The number of unbranched alkanes of at least 4 members (excludes halogenated alkanes) is 1. The molecule has 0 heterocycles. The van der Waals surface area contributed by atoms with Gasteiger partial charge in [0.05, 0.1) is 4.90 Å². The third-order valence-electron chi connectivity index (χ3n) is 2.75. The lowest BCUT2D eigenvalue weighted by atomic mass is 10.2. The molecule has 0 saturated carbocycles. The van der Waals surface area contributed by atoms with Crippen LogP contribution in [-0.4, -0.2) is 19.8 Å². The van der Waals surface area contributed by atoms with E-state index in [4.69, 9.17) is 0 Å². The minimum Gasteiger partial charge on any atom is -0.207 e. The van der Waals surface area contributed by atoms with Gasteiger partial charge in [-0.3, -0.25) is 0 Å². The minimum absolute atomic E-state index is 0.0451. The number of benzene rings is 1. The molecule has 1 N–H and O–H groups in total. The fourth-order valence-electron chi connectivity index (χ4n) is 1.62. The number of aryl methyl sites for hydroxylation is 1. The maximum absolute atomic E-state index is 12.1. The minimum atomic E-state index is -3.40. The molecule has 1 aromatic rings. The fraction of sp³-hybridized carbons (Fsp3) is 0.538. The van der Waals surface area contributed by atoms with Gasteiger partial charge in [0.25, 0.3) is 0 Å².